The number of phenols is 1. The first-order chi connectivity index (χ1) is 7.53. The zero-order valence-corrected chi connectivity index (χ0v) is 10.2. The highest BCUT2D eigenvalue weighted by molar-refractivity contribution is 9.10. The number of halogens is 1. The van der Waals surface area contributed by atoms with Gasteiger partial charge in [-0.3, -0.25) is 4.79 Å². The lowest BCUT2D eigenvalue weighted by Crippen LogP contribution is -2.19. The van der Waals surface area contributed by atoms with Crippen LogP contribution in [0.4, 0.5) is 0 Å². The van der Waals surface area contributed by atoms with Crippen molar-refractivity contribution in [3.05, 3.63) is 22.2 Å². The summed E-state index contributed by atoms with van der Waals surface area (Å²) in [7, 11) is 1.49. The SMILES string of the molecule is COc1ccc(C2(C(=O)O)CC2)c(O)c1Br. The molecule has 1 aliphatic carbocycles. The monoisotopic (exact) mass is 286 g/mol. The molecule has 0 unspecified atom stereocenters. The van der Waals surface area contributed by atoms with Gasteiger partial charge in [-0.15, -0.1) is 0 Å². The Bertz CT molecular complexity index is 452. The predicted molar refractivity (Wildman–Crippen MR) is 60.9 cm³/mol. The summed E-state index contributed by atoms with van der Waals surface area (Å²) in [4.78, 5) is 11.1. The lowest BCUT2D eigenvalue weighted by Gasteiger charge is -2.14. The lowest BCUT2D eigenvalue weighted by atomic mass is 9.95. The second-order valence-electron chi connectivity index (χ2n) is 3.87. The van der Waals surface area contributed by atoms with Gasteiger partial charge in [-0.05, 0) is 34.8 Å². The molecule has 2 rings (SSSR count). The van der Waals surface area contributed by atoms with Gasteiger partial charge in [0.15, 0.2) is 0 Å². The van der Waals surface area contributed by atoms with Crippen LogP contribution in [0.2, 0.25) is 0 Å². The van der Waals surface area contributed by atoms with Crippen molar-refractivity contribution in [1.82, 2.24) is 0 Å². The van der Waals surface area contributed by atoms with E-state index in [2.05, 4.69) is 15.9 Å². The van der Waals surface area contributed by atoms with Crippen LogP contribution >= 0.6 is 15.9 Å². The van der Waals surface area contributed by atoms with Gasteiger partial charge in [0.2, 0.25) is 0 Å². The molecule has 0 aliphatic heterocycles. The minimum absolute atomic E-state index is 0.0424. The summed E-state index contributed by atoms with van der Waals surface area (Å²) in [5, 5.41) is 19.1. The summed E-state index contributed by atoms with van der Waals surface area (Å²) in [5.41, 5.74) is -0.452. The number of carbonyl (C=O) groups is 1. The molecule has 0 aromatic heterocycles. The average molecular weight is 287 g/mol. The zero-order valence-electron chi connectivity index (χ0n) is 8.66. The van der Waals surface area contributed by atoms with E-state index in [9.17, 15) is 9.90 Å². The number of carboxylic acid groups (broad SMARTS) is 1. The largest absolute Gasteiger partial charge is 0.506 e. The van der Waals surface area contributed by atoms with E-state index >= 15 is 0 Å². The summed E-state index contributed by atoms with van der Waals surface area (Å²) in [6, 6.07) is 3.27. The molecule has 1 aromatic rings. The van der Waals surface area contributed by atoms with Gasteiger partial charge < -0.3 is 14.9 Å². The second kappa shape index (κ2) is 3.66. The Morgan fingerprint density at radius 1 is 1.50 bits per heavy atom. The summed E-state index contributed by atoms with van der Waals surface area (Å²) >= 11 is 3.19. The third kappa shape index (κ3) is 1.46. The highest BCUT2D eigenvalue weighted by Crippen LogP contribution is 2.53. The molecule has 0 spiro atoms. The van der Waals surface area contributed by atoms with E-state index in [0.717, 1.165) is 0 Å². The molecule has 4 nitrogen and oxygen atoms in total. The van der Waals surface area contributed by atoms with Crippen molar-refractivity contribution >= 4 is 21.9 Å². The summed E-state index contributed by atoms with van der Waals surface area (Å²) < 4.78 is 5.42. The van der Waals surface area contributed by atoms with Gasteiger partial charge in [0.1, 0.15) is 16.0 Å². The Morgan fingerprint density at radius 2 is 2.12 bits per heavy atom. The van der Waals surface area contributed by atoms with Crippen LogP contribution < -0.4 is 4.74 Å². The molecule has 16 heavy (non-hydrogen) atoms. The van der Waals surface area contributed by atoms with Crippen molar-refractivity contribution in [3.8, 4) is 11.5 Å². The minimum atomic E-state index is -0.904. The summed E-state index contributed by atoms with van der Waals surface area (Å²) in [6.07, 6.45) is 1.13. The number of rotatable bonds is 3. The quantitative estimate of drug-likeness (QED) is 0.895. The Morgan fingerprint density at radius 3 is 2.56 bits per heavy atom. The van der Waals surface area contributed by atoms with Gasteiger partial charge in [0.05, 0.1) is 12.5 Å². The first-order valence-corrected chi connectivity index (χ1v) is 5.61. The Hall–Kier alpha value is -1.23. The van der Waals surface area contributed by atoms with Crippen LogP contribution in [0.25, 0.3) is 0 Å². The molecule has 0 amide bonds. The molecule has 0 saturated heterocycles. The van der Waals surface area contributed by atoms with Crippen LogP contribution in [-0.4, -0.2) is 23.3 Å². The fourth-order valence-electron chi connectivity index (χ4n) is 1.81. The summed E-state index contributed by atoms with van der Waals surface area (Å²) in [5.74, 6) is -0.443. The fourth-order valence-corrected chi connectivity index (χ4v) is 2.32. The van der Waals surface area contributed by atoms with Crippen LogP contribution in [0.5, 0.6) is 11.5 Å². The maximum absolute atomic E-state index is 11.1. The van der Waals surface area contributed by atoms with E-state index in [1.54, 1.807) is 12.1 Å². The Labute approximate surface area is 101 Å². The molecule has 1 aromatic carbocycles. The van der Waals surface area contributed by atoms with Crippen molar-refractivity contribution < 1.29 is 19.7 Å². The number of methoxy groups -OCH3 is 1. The first kappa shape index (κ1) is 11.3. The number of ether oxygens (including phenoxy) is 1. The minimum Gasteiger partial charge on any atom is -0.506 e. The molecular weight excluding hydrogens is 276 g/mol. The van der Waals surface area contributed by atoms with Crippen LogP contribution in [-0.2, 0) is 10.2 Å². The maximum Gasteiger partial charge on any atom is 0.314 e. The molecule has 5 heteroatoms. The van der Waals surface area contributed by atoms with Crippen LogP contribution in [0.3, 0.4) is 0 Å². The lowest BCUT2D eigenvalue weighted by molar-refractivity contribution is -0.140. The van der Waals surface area contributed by atoms with Gasteiger partial charge in [-0.25, -0.2) is 0 Å². The molecule has 86 valence electrons. The maximum atomic E-state index is 11.1. The van der Waals surface area contributed by atoms with Gasteiger partial charge in [-0.2, -0.15) is 0 Å². The van der Waals surface area contributed by atoms with Crippen LogP contribution in [0.1, 0.15) is 18.4 Å². The molecule has 1 aliphatic rings. The van der Waals surface area contributed by atoms with E-state index in [0.29, 0.717) is 28.6 Å². The van der Waals surface area contributed by atoms with Crippen molar-refractivity contribution in [2.75, 3.05) is 7.11 Å². The van der Waals surface area contributed by atoms with Gasteiger partial charge >= 0.3 is 5.97 Å². The molecule has 1 saturated carbocycles. The number of phenolic OH excluding ortho intramolecular Hbond substituents is 1. The number of aliphatic carboxylic acids is 1. The van der Waals surface area contributed by atoms with Gasteiger partial charge in [-0.1, -0.05) is 6.07 Å². The molecule has 0 heterocycles. The predicted octanol–water partition coefficient (Wildman–Crippen LogP) is 2.28. The van der Waals surface area contributed by atoms with E-state index in [-0.39, 0.29) is 5.75 Å². The van der Waals surface area contributed by atoms with Crippen LogP contribution in [0, 0.1) is 0 Å². The third-order valence-corrected chi connectivity index (χ3v) is 3.74. The smallest absolute Gasteiger partial charge is 0.314 e. The number of benzene rings is 1. The Kier molecular flexibility index (Phi) is 2.58. The highest BCUT2D eigenvalue weighted by atomic mass is 79.9. The number of carboxylic acids is 1. The molecule has 2 N–H and O–H groups in total. The van der Waals surface area contributed by atoms with E-state index in [4.69, 9.17) is 9.84 Å². The third-order valence-electron chi connectivity index (χ3n) is 2.98. The van der Waals surface area contributed by atoms with E-state index < -0.39 is 11.4 Å². The molecular formula is C11H11BrO4. The van der Waals surface area contributed by atoms with E-state index in [1.165, 1.54) is 7.11 Å². The molecule has 0 bridgehead atoms. The normalized spacial score (nSPS) is 16.9. The van der Waals surface area contributed by atoms with Crippen molar-refractivity contribution in [3.63, 3.8) is 0 Å². The molecule has 0 radical (unpaired) electrons. The van der Waals surface area contributed by atoms with Crippen molar-refractivity contribution in [2.24, 2.45) is 0 Å². The first-order valence-electron chi connectivity index (χ1n) is 4.82. The Balaban J connectivity index is 2.52. The highest BCUT2D eigenvalue weighted by Gasteiger charge is 2.53. The zero-order chi connectivity index (χ0) is 11.9. The van der Waals surface area contributed by atoms with Crippen LogP contribution in [0.15, 0.2) is 16.6 Å². The fraction of sp³-hybridized carbons (Fsp3) is 0.364. The standard InChI is InChI=1S/C11H11BrO4/c1-16-7-3-2-6(9(13)8(7)12)11(4-5-11)10(14)15/h2-3,13H,4-5H2,1H3,(H,14,15). The number of aromatic hydroxyl groups is 1. The van der Waals surface area contributed by atoms with Gasteiger partial charge in [0.25, 0.3) is 0 Å². The molecule has 1 fully saturated rings. The number of hydrogen-bond donors (Lipinski definition) is 2. The summed E-state index contributed by atoms with van der Waals surface area (Å²) in [6.45, 7) is 0. The second-order valence-corrected chi connectivity index (χ2v) is 4.66. The van der Waals surface area contributed by atoms with Crippen molar-refractivity contribution in [1.29, 1.82) is 0 Å². The topological polar surface area (TPSA) is 66.8 Å². The average Bonchev–Trinajstić information content (AvgIpc) is 3.03. The number of hydrogen-bond acceptors (Lipinski definition) is 3. The van der Waals surface area contributed by atoms with Crippen molar-refractivity contribution in [2.45, 2.75) is 18.3 Å². The molecule has 0 atom stereocenters. The van der Waals surface area contributed by atoms with E-state index in [1.807, 2.05) is 0 Å². The van der Waals surface area contributed by atoms with Gasteiger partial charge in [0, 0.05) is 5.56 Å².